The molecule has 1 aromatic rings. The highest BCUT2D eigenvalue weighted by Crippen LogP contribution is 2.09. The van der Waals surface area contributed by atoms with Crippen LogP contribution in [0.3, 0.4) is 0 Å². The van der Waals surface area contributed by atoms with Gasteiger partial charge in [0, 0.05) is 19.8 Å². The third-order valence-corrected chi connectivity index (χ3v) is 3.39. The number of nitrogens with zero attached hydrogens (tertiary/aromatic N) is 2. The van der Waals surface area contributed by atoms with Gasteiger partial charge in [0.2, 0.25) is 0 Å². The molecule has 1 aliphatic rings. The number of aromatic nitrogens is 1. The quantitative estimate of drug-likeness (QED) is 0.761. The van der Waals surface area contributed by atoms with Crippen LogP contribution in [0.15, 0.2) is 12.3 Å². The van der Waals surface area contributed by atoms with Gasteiger partial charge < -0.3 is 20.5 Å². The number of amides is 1. The molecular formula is C13H22N4O. The number of hydrogen-bond acceptors (Lipinski definition) is 3. The van der Waals surface area contributed by atoms with Crippen molar-refractivity contribution in [2.75, 3.05) is 31.9 Å². The Labute approximate surface area is 108 Å². The van der Waals surface area contributed by atoms with E-state index in [1.807, 2.05) is 7.05 Å². The largest absolute Gasteiger partial charge is 0.397 e. The molecule has 1 amide bonds. The molecule has 2 heterocycles. The lowest BCUT2D eigenvalue weighted by Crippen LogP contribution is -2.29. The second-order valence-corrected chi connectivity index (χ2v) is 4.93. The summed E-state index contributed by atoms with van der Waals surface area (Å²) in [6.45, 7) is 4.22. The number of rotatable bonds is 5. The van der Waals surface area contributed by atoms with Crippen molar-refractivity contribution in [1.29, 1.82) is 0 Å². The zero-order chi connectivity index (χ0) is 13.0. The van der Waals surface area contributed by atoms with E-state index in [0.717, 1.165) is 19.5 Å². The normalized spacial score (nSPS) is 16.1. The Kier molecular flexibility index (Phi) is 4.25. The van der Waals surface area contributed by atoms with E-state index in [1.54, 1.807) is 16.8 Å². The summed E-state index contributed by atoms with van der Waals surface area (Å²) in [6.07, 6.45) is 5.38. The Hall–Kier alpha value is -1.49. The number of nitrogen functional groups attached to an aromatic ring is 1. The fourth-order valence-corrected chi connectivity index (χ4v) is 2.42. The molecule has 2 rings (SSSR count). The molecule has 100 valence electrons. The molecule has 1 aliphatic heterocycles. The molecule has 5 heteroatoms. The summed E-state index contributed by atoms with van der Waals surface area (Å²) < 4.78 is 1.76. The second-order valence-electron chi connectivity index (χ2n) is 4.93. The number of nitrogens with two attached hydrogens (primary N) is 1. The number of anilines is 1. The summed E-state index contributed by atoms with van der Waals surface area (Å²) in [5.74, 6) is -0.0457. The van der Waals surface area contributed by atoms with Crippen molar-refractivity contribution >= 4 is 11.6 Å². The number of nitrogens with one attached hydrogen (secondary N) is 1. The van der Waals surface area contributed by atoms with Crippen LogP contribution in [0.5, 0.6) is 0 Å². The number of aryl methyl sites for hydroxylation is 1. The van der Waals surface area contributed by atoms with Crippen LogP contribution in [-0.4, -0.2) is 41.6 Å². The minimum atomic E-state index is -0.0457. The van der Waals surface area contributed by atoms with E-state index in [4.69, 9.17) is 5.73 Å². The molecule has 5 nitrogen and oxygen atoms in total. The molecule has 0 unspecified atom stereocenters. The first kappa shape index (κ1) is 13.0. The zero-order valence-electron chi connectivity index (χ0n) is 11.0. The van der Waals surface area contributed by atoms with E-state index < -0.39 is 0 Å². The first-order valence-corrected chi connectivity index (χ1v) is 6.59. The Bertz CT molecular complexity index is 407. The van der Waals surface area contributed by atoms with Crippen molar-refractivity contribution in [1.82, 2.24) is 14.8 Å². The third-order valence-electron chi connectivity index (χ3n) is 3.39. The van der Waals surface area contributed by atoms with Crippen LogP contribution in [0.25, 0.3) is 0 Å². The van der Waals surface area contributed by atoms with Gasteiger partial charge in [-0.2, -0.15) is 0 Å². The lowest BCUT2D eigenvalue weighted by molar-refractivity contribution is 0.0944. The fourth-order valence-electron chi connectivity index (χ4n) is 2.42. The monoisotopic (exact) mass is 250 g/mol. The molecular weight excluding hydrogens is 228 g/mol. The summed E-state index contributed by atoms with van der Waals surface area (Å²) in [4.78, 5) is 14.3. The lowest BCUT2D eigenvalue weighted by Gasteiger charge is -2.14. The van der Waals surface area contributed by atoms with Crippen LogP contribution in [0.4, 0.5) is 5.69 Å². The molecule has 0 saturated carbocycles. The van der Waals surface area contributed by atoms with Gasteiger partial charge in [-0.1, -0.05) is 0 Å². The van der Waals surface area contributed by atoms with Crippen LogP contribution >= 0.6 is 0 Å². The van der Waals surface area contributed by atoms with Crippen molar-refractivity contribution in [2.45, 2.75) is 19.3 Å². The maximum absolute atomic E-state index is 11.9. The molecule has 3 N–H and O–H groups in total. The van der Waals surface area contributed by atoms with E-state index in [0.29, 0.717) is 11.4 Å². The molecule has 0 bridgehead atoms. The van der Waals surface area contributed by atoms with Crippen molar-refractivity contribution in [3.8, 4) is 0 Å². The van der Waals surface area contributed by atoms with Crippen LogP contribution in [0.2, 0.25) is 0 Å². The van der Waals surface area contributed by atoms with Gasteiger partial charge in [0.15, 0.2) is 0 Å². The van der Waals surface area contributed by atoms with Crippen LogP contribution in [-0.2, 0) is 7.05 Å². The predicted molar refractivity (Wildman–Crippen MR) is 72.4 cm³/mol. The number of carbonyl (C=O) groups excluding carboxylic acids is 1. The smallest absolute Gasteiger partial charge is 0.267 e. The second kappa shape index (κ2) is 5.91. The standard InChI is InChI=1S/C13H22N4O/c1-16-10-11(14)9-12(16)13(18)15-5-4-8-17-6-2-3-7-17/h9-10H,2-8,14H2,1H3,(H,15,18). The van der Waals surface area contributed by atoms with Gasteiger partial charge in [-0.25, -0.2) is 0 Å². The minimum absolute atomic E-state index is 0.0457. The summed E-state index contributed by atoms with van der Waals surface area (Å²) in [6, 6.07) is 1.70. The van der Waals surface area contributed by atoms with Gasteiger partial charge in [-0.05, 0) is 45.0 Å². The number of carbonyl (C=O) groups is 1. The third kappa shape index (κ3) is 3.26. The van der Waals surface area contributed by atoms with Gasteiger partial charge in [0.05, 0.1) is 5.69 Å². The highest BCUT2D eigenvalue weighted by molar-refractivity contribution is 5.93. The molecule has 18 heavy (non-hydrogen) atoms. The molecule has 0 aliphatic carbocycles. The molecule has 1 saturated heterocycles. The van der Waals surface area contributed by atoms with Gasteiger partial charge in [-0.15, -0.1) is 0 Å². The Morgan fingerprint density at radius 1 is 1.44 bits per heavy atom. The van der Waals surface area contributed by atoms with Crippen molar-refractivity contribution in [3.05, 3.63) is 18.0 Å². The minimum Gasteiger partial charge on any atom is -0.397 e. The summed E-state index contributed by atoms with van der Waals surface area (Å²) >= 11 is 0. The summed E-state index contributed by atoms with van der Waals surface area (Å²) in [7, 11) is 1.83. The first-order valence-electron chi connectivity index (χ1n) is 6.59. The lowest BCUT2D eigenvalue weighted by atomic mass is 10.3. The fraction of sp³-hybridized carbons (Fsp3) is 0.615. The maximum atomic E-state index is 11.9. The Morgan fingerprint density at radius 2 is 2.17 bits per heavy atom. The van der Waals surface area contributed by atoms with Crippen molar-refractivity contribution in [2.24, 2.45) is 7.05 Å². The average Bonchev–Trinajstić information content (AvgIpc) is 2.94. The zero-order valence-corrected chi connectivity index (χ0v) is 11.0. The summed E-state index contributed by atoms with van der Waals surface area (Å²) in [5, 5.41) is 2.94. The van der Waals surface area contributed by atoms with Gasteiger partial charge in [0.25, 0.3) is 5.91 Å². The Balaban J connectivity index is 1.70. The SMILES string of the molecule is Cn1cc(N)cc1C(=O)NCCCN1CCCC1. The average molecular weight is 250 g/mol. The van der Waals surface area contributed by atoms with Crippen molar-refractivity contribution < 1.29 is 4.79 Å². The van der Waals surface area contributed by atoms with E-state index in [1.165, 1.54) is 25.9 Å². The van der Waals surface area contributed by atoms with E-state index in [9.17, 15) is 4.79 Å². The van der Waals surface area contributed by atoms with Gasteiger partial charge in [-0.3, -0.25) is 4.79 Å². The molecule has 0 radical (unpaired) electrons. The van der Waals surface area contributed by atoms with Crippen LogP contribution < -0.4 is 11.1 Å². The van der Waals surface area contributed by atoms with Gasteiger partial charge in [0.1, 0.15) is 5.69 Å². The van der Waals surface area contributed by atoms with E-state index in [-0.39, 0.29) is 5.91 Å². The number of hydrogen-bond donors (Lipinski definition) is 2. The molecule has 1 aromatic heterocycles. The highest BCUT2D eigenvalue weighted by atomic mass is 16.1. The molecule has 1 fully saturated rings. The molecule has 0 aromatic carbocycles. The Morgan fingerprint density at radius 3 is 2.78 bits per heavy atom. The van der Waals surface area contributed by atoms with Crippen molar-refractivity contribution in [3.63, 3.8) is 0 Å². The molecule has 0 atom stereocenters. The first-order chi connectivity index (χ1) is 8.66. The van der Waals surface area contributed by atoms with E-state index >= 15 is 0 Å². The topological polar surface area (TPSA) is 63.3 Å². The highest BCUT2D eigenvalue weighted by Gasteiger charge is 2.12. The van der Waals surface area contributed by atoms with E-state index in [2.05, 4.69) is 10.2 Å². The summed E-state index contributed by atoms with van der Waals surface area (Å²) in [5.41, 5.74) is 6.89. The maximum Gasteiger partial charge on any atom is 0.267 e. The van der Waals surface area contributed by atoms with Crippen LogP contribution in [0, 0.1) is 0 Å². The molecule has 0 spiro atoms. The van der Waals surface area contributed by atoms with Crippen LogP contribution in [0.1, 0.15) is 29.8 Å². The number of likely N-dealkylation sites (tertiary alicyclic amines) is 1. The predicted octanol–water partition coefficient (Wildman–Crippen LogP) is 0.823. The van der Waals surface area contributed by atoms with Gasteiger partial charge >= 0.3 is 0 Å².